The number of benzene rings is 1. The number of nitrogens with zero attached hydrogens (tertiary/aromatic N) is 1. The first-order chi connectivity index (χ1) is 8.16. The molecule has 0 saturated heterocycles. The zero-order chi connectivity index (χ0) is 12.3. The second-order valence-corrected chi connectivity index (χ2v) is 4.86. The van der Waals surface area contributed by atoms with E-state index >= 15 is 0 Å². The van der Waals surface area contributed by atoms with Crippen molar-refractivity contribution in [3.63, 3.8) is 0 Å². The fraction of sp³-hybridized carbons (Fsp3) is 0.462. The van der Waals surface area contributed by atoms with E-state index in [2.05, 4.69) is 5.32 Å². The van der Waals surface area contributed by atoms with Gasteiger partial charge in [0.2, 0.25) is 0 Å². The van der Waals surface area contributed by atoms with Crippen LogP contribution in [0.3, 0.4) is 0 Å². The third kappa shape index (κ3) is 3.16. The van der Waals surface area contributed by atoms with E-state index in [9.17, 15) is 4.39 Å². The van der Waals surface area contributed by atoms with Gasteiger partial charge < -0.3 is 10.2 Å². The summed E-state index contributed by atoms with van der Waals surface area (Å²) in [6, 6.07) is 6.96. The molecule has 1 fully saturated rings. The van der Waals surface area contributed by atoms with Crippen molar-refractivity contribution >= 4 is 23.0 Å². The molecule has 0 bridgehead atoms. The van der Waals surface area contributed by atoms with Crippen molar-refractivity contribution in [2.45, 2.75) is 31.7 Å². The Morgan fingerprint density at radius 3 is 2.76 bits per heavy atom. The Morgan fingerprint density at radius 1 is 1.41 bits per heavy atom. The van der Waals surface area contributed by atoms with Crippen LogP contribution in [-0.4, -0.2) is 18.2 Å². The molecule has 1 aromatic rings. The molecule has 0 heterocycles. The van der Waals surface area contributed by atoms with Crippen LogP contribution in [0.25, 0.3) is 0 Å². The van der Waals surface area contributed by atoms with Crippen LogP contribution in [0.4, 0.5) is 10.1 Å². The number of halogens is 1. The Labute approximate surface area is 107 Å². The Bertz CT molecular complexity index is 402. The predicted molar refractivity (Wildman–Crippen MR) is 72.8 cm³/mol. The molecule has 0 amide bonds. The van der Waals surface area contributed by atoms with Crippen LogP contribution in [0.1, 0.15) is 25.7 Å². The lowest BCUT2D eigenvalue weighted by Gasteiger charge is -2.24. The van der Waals surface area contributed by atoms with Crippen LogP contribution < -0.4 is 10.2 Å². The Morgan fingerprint density at radius 2 is 2.12 bits per heavy atom. The summed E-state index contributed by atoms with van der Waals surface area (Å²) in [4.78, 5) is 1.82. The van der Waals surface area contributed by atoms with Crippen molar-refractivity contribution in [2.24, 2.45) is 0 Å². The van der Waals surface area contributed by atoms with E-state index in [0.29, 0.717) is 11.2 Å². The highest BCUT2D eigenvalue weighted by atomic mass is 32.1. The number of hydrogen-bond donors (Lipinski definition) is 1. The Balaban J connectivity index is 1.98. The van der Waals surface area contributed by atoms with Gasteiger partial charge in [-0.05, 0) is 43.3 Å². The van der Waals surface area contributed by atoms with Crippen molar-refractivity contribution in [3.8, 4) is 0 Å². The largest absolute Gasteiger partial charge is 0.360 e. The minimum atomic E-state index is -0.238. The summed E-state index contributed by atoms with van der Waals surface area (Å²) in [6.07, 6.45) is 4.89. The summed E-state index contributed by atoms with van der Waals surface area (Å²) < 4.78 is 13.1. The average Bonchev–Trinajstić information content (AvgIpc) is 2.80. The summed E-state index contributed by atoms with van der Waals surface area (Å²) in [5.74, 6) is -0.238. The zero-order valence-electron chi connectivity index (χ0n) is 9.95. The SMILES string of the molecule is CN(C(=S)NC1CCCC1)c1cccc(F)c1. The van der Waals surface area contributed by atoms with E-state index in [-0.39, 0.29) is 5.82 Å². The molecule has 0 aromatic heterocycles. The van der Waals surface area contributed by atoms with Gasteiger partial charge in [-0.15, -0.1) is 0 Å². The highest BCUT2D eigenvalue weighted by Gasteiger charge is 2.17. The number of hydrogen-bond acceptors (Lipinski definition) is 1. The minimum absolute atomic E-state index is 0.238. The molecule has 1 saturated carbocycles. The van der Waals surface area contributed by atoms with E-state index < -0.39 is 0 Å². The topological polar surface area (TPSA) is 15.3 Å². The van der Waals surface area contributed by atoms with Crippen molar-refractivity contribution < 1.29 is 4.39 Å². The van der Waals surface area contributed by atoms with Crippen molar-refractivity contribution in [2.75, 3.05) is 11.9 Å². The van der Waals surface area contributed by atoms with Crippen molar-refractivity contribution in [3.05, 3.63) is 30.1 Å². The van der Waals surface area contributed by atoms with Crippen LogP contribution >= 0.6 is 12.2 Å². The van der Waals surface area contributed by atoms with Gasteiger partial charge >= 0.3 is 0 Å². The third-order valence-electron chi connectivity index (χ3n) is 3.18. The smallest absolute Gasteiger partial charge is 0.173 e. The third-order valence-corrected chi connectivity index (χ3v) is 3.57. The lowest BCUT2D eigenvalue weighted by molar-refractivity contribution is 0.625. The molecule has 0 radical (unpaired) electrons. The highest BCUT2D eigenvalue weighted by Crippen LogP contribution is 2.19. The maximum Gasteiger partial charge on any atom is 0.173 e. The van der Waals surface area contributed by atoms with Gasteiger partial charge in [0.05, 0.1) is 0 Å². The molecular weight excluding hydrogens is 235 g/mol. The van der Waals surface area contributed by atoms with E-state index in [4.69, 9.17) is 12.2 Å². The van der Waals surface area contributed by atoms with Gasteiger partial charge in [-0.2, -0.15) is 0 Å². The van der Waals surface area contributed by atoms with Gasteiger partial charge in [-0.25, -0.2) is 4.39 Å². The first kappa shape index (κ1) is 12.3. The van der Waals surface area contributed by atoms with Crippen molar-refractivity contribution in [1.29, 1.82) is 0 Å². The first-order valence-corrected chi connectivity index (χ1v) is 6.37. The van der Waals surface area contributed by atoms with Gasteiger partial charge in [0.15, 0.2) is 5.11 Å². The van der Waals surface area contributed by atoms with Crippen LogP contribution in [0.2, 0.25) is 0 Å². The molecule has 0 spiro atoms. The molecule has 1 aromatic carbocycles. The molecule has 0 atom stereocenters. The van der Waals surface area contributed by atoms with Gasteiger partial charge in [0.25, 0.3) is 0 Å². The molecule has 4 heteroatoms. The van der Waals surface area contributed by atoms with E-state index in [1.165, 1.54) is 37.8 Å². The van der Waals surface area contributed by atoms with Crippen LogP contribution in [0.15, 0.2) is 24.3 Å². The number of thiocarbonyl (C=S) groups is 1. The van der Waals surface area contributed by atoms with E-state index in [1.807, 2.05) is 18.0 Å². The van der Waals surface area contributed by atoms with Gasteiger partial charge in [-0.3, -0.25) is 0 Å². The number of nitrogens with one attached hydrogen (secondary N) is 1. The standard InChI is InChI=1S/C13H17FN2S/c1-16(12-8-4-5-10(14)9-12)13(17)15-11-6-2-3-7-11/h4-5,8-9,11H,2-3,6-7H2,1H3,(H,15,17). The molecule has 0 aliphatic heterocycles. The maximum atomic E-state index is 13.1. The molecule has 0 unspecified atom stereocenters. The second kappa shape index (κ2) is 5.45. The maximum absolute atomic E-state index is 13.1. The Kier molecular flexibility index (Phi) is 3.94. The van der Waals surface area contributed by atoms with Gasteiger partial charge in [0.1, 0.15) is 5.82 Å². The van der Waals surface area contributed by atoms with E-state index in [0.717, 1.165) is 5.69 Å². The summed E-state index contributed by atoms with van der Waals surface area (Å²) in [5, 5.41) is 4.00. The lowest BCUT2D eigenvalue weighted by Crippen LogP contribution is -2.41. The summed E-state index contributed by atoms with van der Waals surface area (Å²) in [6.45, 7) is 0. The fourth-order valence-electron chi connectivity index (χ4n) is 2.14. The molecule has 1 aliphatic carbocycles. The molecular formula is C13H17FN2S. The normalized spacial score (nSPS) is 15.9. The van der Waals surface area contributed by atoms with Crippen molar-refractivity contribution in [1.82, 2.24) is 5.32 Å². The summed E-state index contributed by atoms with van der Waals surface area (Å²) in [7, 11) is 1.86. The summed E-state index contributed by atoms with van der Waals surface area (Å²) in [5.41, 5.74) is 0.778. The van der Waals surface area contributed by atoms with E-state index in [1.54, 1.807) is 6.07 Å². The predicted octanol–water partition coefficient (Wildman–Crippen LogP) is 3.08. The first-order valence-electron chi connectivity index (χ1n) is 5.96. The number of anilines is 1. The quantitative estimate of drug-likeness (QED) is 0.814. The fourth-order valence-corrected chi connectivity index (χ4v) is 2.42. The lowest BCUT2D eigenvalue weighted by atomic mass is 10.2. The zero-order valence-corrected chi connectivity index (χ0v) is 10.8. The molecule has 1 N–H and O–H groups in total. The molecule has 2 rings (SSSR count). The van der Waals surface area contributed by atoms with Gasteiger partial charge in [-0.1, -0.05) is 18.9 Å². The van der Waals surface area contributed by atoms with Crippen LogP contribution in [0, 0.1) is 5.82 Å². The average molecular weight is 252 g/mol. The molecule has 1 aliphatic rings. The molecule has 2 nitrogen and oxygen atoms in total. The van der Waals surface area contributed by atoms with Crippen LogP contribution in [-0.2, 0) is 0 Å². The molecule has 92 valence electrons. The molecule has 17 heavy (non-hydrogen) atoms. The second-order valence-electron chi connectivity index (χ2n) is 4.47. The number of rotatable bonds is 2. The highest BCUT2D eigenvalue weighted by molar-refractivity contribution is 7.80. The summed E-state index contributed by atoms with van der Waals surface area (Å²) >= 11 is 5.33. The minimum Gasteiger partial charge on any atom is -0.360 e. The van der Waals surface area contributed by atoms with Crippen LogP contribution in [0.5, 0.6) is 0 Å². The monoisotopic (exact) mass is 252 g/mol. The van der Waals surface area contributed by atoms with Gasteiger partial charge in [0, 0.05) is 18.8 Å². The Hall–Kier alpha value is -1.16.